The third-order valence-corrected chi connectivity index (χ3v) is 6.11. The van der Waals surface area contributed by atoms with Gasteiger partial charge in [-0.15, -0.1) is 0 Å². The lowest BCUT2D eigenvalue weighted by atomic mass is 10.0. The Labute approximate surface area is 176 Å². The van der Waals surface area contributed by atoms with Gasteiger partial charge in [-0.1, -0.05) is 56.2 Å². The fraction of sp³-hybridized carbons (Fsp3) is 0.320. The molecular formula is C25H26N4O. The van der Waals surface area contributed by atoms with Gasteiger partial charge in [-0.25, -0.2) is 0 Å². The molecule has 5 heteroatoms. The van der Waals surface area contributed by atoms with Crippen LogP contribution in [0.4, 0.5) is 0 Å². The van der Waals surface area contributed by atoms with Crippen molar-refractivity contribution in [1.29, 1.82) is 0 Å². The topological polar surface area (TPSA) is 59.8 Å². The predicted octanol–water partition coefficient (Wildman–Crippen LogP) is 4.87. The van der Waals surface area contributed by atoms with Gasteiger partial charge >= 0.3 is 0 Å². The number of amides is 1. The zero-order valence-corrected chi connectivity index (χ0v) is 17.3. The summed E-state index contributed by atoms with van der Waals surface area (Å²) in [6.45, 7) is 2.37. The Kier molecular flexibility index (Phi) is 4.95. The number of aromatic nitrogens is 3. The van der Waals surface area contributed by atoms with Crippen molar-refractivity contribution in [3.05, 3.63) is 60.3 Å². The van der Waals surface area contributed by atoms with E-state index in [1.165, 1.54) is 18.4 Å². The number of rotatable bonds is 5. The van der Waals surface area contributed by atoms with Gasteiger partial charge in [-0.2, -0.15) is 5.10 Å². The number of aryl methyl sites for hydroxylation is 1. The number of hydrogen-bond donors (Lipinski definition) is 1. The van der Waals surface area contributed by atoms with Crippen molar-refractivity contribution in [1.82, 2.24) is 20.1 Å². The first-order valence-electron chi connectivity index (χ1n) is 10.9. The lowest BCUT2D eigenvalue weighted by Gasteiger charge is -2.12. The van der Waals surface area contributed by atoms with Gasteiger partial charge in [0.15, 0.2) is 0 Å². The second-order valence-corrected chi connectivity index (χ2v) is 8.15. The number of pyridine rings is 1. The number of nitrogens with one attached hydrogen (secondary N) is 1. The largest absolute Gasteiger partial charge is 0.352 e. The maximum absolute atomic E-state index is 12.8. The summed E-state index contributed by atoms with van der Waals surface area (Å²) in [6, 6.07) is 16.8. The van der Waals surface area contributed by atoms with Gasteiger partial charge in [-0.3, -0.25) is 14.5 Å². The van der Waals surface area contributed by atoms with Gasteiger partial charge in [0.05, 0.1) is 11.0 Å². The normalized spacial score (nSPS) is 14.6. The Bertz CT molecular complexity index is 1210. The molecule has 0 bridgehead atoms. The summed E-state index contributed by atoms with van der Waals surface area (Å²) in [7, 11) is 0. The quantitative estimate of drug-likeness (QED) is 0.522. The SMILES string of the molecule is CCc1ccc2ncc3c(-c4ccccc4)nn(CC(=O)NC4CCCC4)c3c2c1. The molecule has 152 valence electrons. The van der Waals surface area contributed by atoms with E-state index >= 15 is 0 Å². The summed E-state index contributed by atoms with van der Waals surface area (Å²) in [4.78, 5) is 17.5. The summed E-state index contributed by atoms with van der Waals surface area (Å²) in [5.41, 5.74) is 5.06. The van der Waals surface area contributed by atoms with Crippen molar-refractivity contribution in [2.75, 3.05) is 0 Å². The number of hydrogen-bond acceptors (Lipinski definition) is 3. The summed E-state index contributed by atoms with van der Waals surface area (Å²) >= 11 is 0. The molecule has 1 N–H and O–H groups in total. The van der Waals surface area contributed by atoms with E-state index in [1.54, 1.807) is 0 Å². The van der Waals surface area contributed by atoms with Crippen molar-refractivity contribution in [2.45, 2.75) is 51.6 Å². The highest BCUT2D eigenvalue weighted by molar-refractivity contribution is 6.08. The average molecular weight is 399 g/mol. The molecule has 1 amide bonds. The molecule has 30 heavy (non-hydrogen) atoms. The van der Waals surface area contributed by atoms with E-state index in [9.17, 15) is 4.79 Å². The monoisotopic (exact) mass is 398 g/mol. The minimum Gasteiger partial charge on any atom is -0.352 e. The zero-order valence-electron chi connectivity index (χ0n) is 17.3. The van der Waals surface area contributed by atoms with E-state index in [0.29, 0.717) is 6.04 Å². The van der Waals surface area contributed by atoms with Crippen LogP contribution in [-0.4, -0.2) is 26.7 Å². The summed E-state index contributed by atoms with van der Waals surface area (Å²) in [6.07, 6.45) is 7.40. The highest BCUT2D eigenvalue weighted by Gasteiger charge is 2.20. The van der Waals surface area contributed by atoms with Crippen molar-refractivity contribution in [3.8, 4) is 11.3 Å². The molecule has 0 spiro atoms. The molecule has 0 aliphatic heterocycles. The maximum atomic E-state index is 12.8. The molecule has 2 aromatic heterocycles. The van der Waals surface area contributed by atoms with Crippen molar-refractivity contribution < 1.29 is 4.79 Å². The fourth-order valence-electron chi connectivity index (χ4n) is 4.52. The van der Waals surface area contributed by atoms with Gasteiger partial charge in [0.1, 0.15) is 12.2 Å². The molecule has 1 fully saturated rings. The molecule has 0 saturated heterocycles. The van der Waals surface area contributed by atoms with Crippen LogP contribution in [-0.2, 0) is 17.8 Å². The standard InChI is InChI=1S/C25H26N4O/c1-2-17-12-13-22-20(14-17)25-21(15-26-22)24(18-8-4-3-5-9-18)28-29(25)16-23(30)27-19-10-6-7-11-19/h3-5,8-9,12-15,19H,2,6-7,10-11,16H2,1H3,(H,27,30). The first-order valence-corrected chi connectivity index (χ1v) is 10.9. The third-order valence-electron chi connectivity index (χ3n) is 6.11. The first kappa shape index (κ1) is 18.8. The Balaban J connectivity index is 1.65. The molecule has 0 atom stereocenters. The number of fused-ring (bicyclic) bond motifs is 3. The van der Waals surface area contributed by atoms with Crippen LogP contribution < -0.4 is 5.32 Å². The van der Waals surface area contributed by atoms with E-state index in [0.717, 1.165) is 52.3 Å². The number of nitrogens with zero attached hydrogens (tertiary/aromatic N) is 3. The van der Waals surface area contributed by atoms with E-state index < -0.39 is 0 Å². The molecule has 2 aromatic carbocycles. The van der Waals surface area contributed by atoms with Gasteiger partial charge in [0.2, 0.25) is 5.91 Å². The molecule has 1 saturated carbocycles. The Morgan fingerprint density at radius 2 is 1.90 bits per heavy atom. The van der Waals surface area contributed by atoms with E-state index in [4.69, 9.17) is 10.1 Å². The molecule has 0 unspecified atom stereocenters. The Morgan fingerprint density at radius 1 is 1.10 bits per heavy atom. The van der Waals surface area contributed by atoms with Crippen LogP contribution in [0.1, 0.15) is 38.2 Å². The van der Waals surface area contributed by atoms with Gasteiger partial charge in [-0.05, 0) is 37.0 Å². The summed E-state index contributed by atoms with van der Waals surface area (Å²) in [5, 5.41) is 10.1. The summed E-state index contributed by atoms with van der Waals surface area (Å²) in [5.74, 6) is 0.0301. The third kappa shape index (κ3) is 3.45. The Morgan fingerprint density at radius 3 is 2.67 bits per heavy atom. The number of benzene rings is 2. The van der Waals surface area contributed by atoms with Crippen LogP contribution in [0.15, 0.2) is 54.7 Å². The van der Waals surface area contributed by atoms with Crippen LogP contribution in [0.2, 0.25) is 0 Å². The van der Waals surface area contributed by atoms with Gasteiger partial charge in [0, 0.05) is 28.6 Å². The fourth-order valence-corrected chi connectivity index (χ4v) is 4.52. The smallest absolute Gasteiger partial charge is 0.241 e. The molecular weight excluding hydrogens is 372 g/mol. The maximum Gasteiger partial charge on any atom is 0.241 e. The van der Waals surface area contributed by atoms with E-state index in [1.807, 2.05) is 29.1 Å². The lowest BCUT2D eigenvalue weighted by molar-refractivity contribution is -0.122. The minimum absolute atomic E-state index is 0.0301. The number of carbonyl (C=O) groups excluding carboxylic acids is 1. The second-order valence-electron chi connectivity index (χ2n) is 8.15. The van der Waals surface area contributed by atoms with E-state index in [2.05, 4.69) is 42.6 Å². The average Bonchev–Trinajstić information content (AvgIpc) is 3.42. The van der Waals surface area contributed by atoms with Crippen LogP contribution >= 0.6 is 0 Å². The molecule has 5 rings (SSSR count). The van der Waals surface area contributed by atoms with Crippen molar-refractivity contribution in [2.24, 2.45) is 0 Å². The van der Waals surface area contributed by atoms with Gasteiger partial charge in [0.25, 0.3) is 0 Å². The van der Waals surface area contributed by atoms with E-state index in [-0.39, 0.29) is 12.5 Å². The van der Waals surface area contributed by atoms with Crippen LogP contribution in [0.5, 0.6) is 0 Å². The molecule has 4 aromatic rings. The lowest BCUT2D eigenvalue weighted by Crippen LogP contribution is -2.35. The summed E-state index contributed by atoms with van der Waals surface area (Å²) < 4.78 is 1.87. The Hall–Kier alpha value is -3.21. The molecule has 0 radical (unpaired) electrons. The second kappa shape index (κ2) is 7.90. The highest BCUT2D eigenvalue weighted by atomic mass is 16.2. The molecule has 1 aliphatic carbocycles. The molecule has 1 aliphatic rings. The van der Waals surface area contributed by atoms with Crippen LogP contribution in [0.3, 0.4) is 0 Å². The van der Waals surface area contributed by atoms with Gasteiger partial charge < -0.3 is 5.32 Å². The zero-order chi connectivity index (χ0) is 20.5. The van der Waals surface area contributed by atoms with Crippen LogP contribution in [0, 0.1) is 0 Å². The van der Waals surface area contributed by atoms with Crippen molar-refractivity contribution in [3.63, 3.8) is 0 Å². The van der Waals surface area contributed by atoms with Crippen molar-refractivity contribution >= 4 is 27.7 Å². The first-order chi connectivity index (χ1) is 14.7. The minimum atomic E-state index is 0.0301. The number of carbonyl (C=O) groups is 1. The highest BCUT2D eigenvalue weighted by Crippen LogP contribution is 2.32. The molecule has 2 heterocycles. The predicted molar refractivity (Wildman–Crippen MR) is 120 cm³/mol. The molecule has 5 nitrogen and oxygen atoms in total. The van der Waals surface area contributed by atoms with Crippen LogP contribution in [0.25, 0.3) is 33.1 Å².